The van der Waals surface area contributed by atoms with E-state index >= 15 is 0 Å². The first-order chi connectivity index (χ1) is 9.45. The van der Waals surface area contributed by atoms with E-state index in [0.29, 0.717) is 22.2 Å². The Morgan fingerprint density at radius 3 is 2.55 bits per heavy atom. The van der Waals surface area contributed by atoms with E-state index in [1.807, 2.05) is 0 Å². The quantitative estimate of drug-likeness (QED) is 0.908. The Morgan fingerprint density at radius 2 is 2.00 bits per heavy atom. The van der Waals surface area contributed by atoms with Gasteiger partial charge < -0.3 is 5.11 Å². The molecule has 1 aliphatic rings. The number of aliphatic hydroxyl groups is 1. The number of hydrogen-bond donors (Lipinski definition) is 1. The highest BCUT2D eigenvalue weighted by Crippen LogP contribution is 2.30. The third kappa shape index (κ3) is 3.42. The summed E-state index contributed by atoms with van der Waals surface area (Å²) in [4.78, 5) is 1.81. The maximum atomic E-state index is 12.6. The maximum Gasteiger partial charge on any atom is 0.243 e. The molecule has 0 aliphatic heterocycles. The van der Waals surface area contributed by atoms with Gasteiger partial charge >= 0.3 is 0 Å². The molecule has 6 heteroatoms. The minimum absolute atomic E-state index is 0.104. The fraction of sp³-hybridized carbons (Fsp3) is 0.714. The predicted molar refractivity (Wildman–Crippen MR) is 81.4 cm³/mol. The summed E-state index contributed by atoms with van der Waals surface area (Å²) in [6, 6.07) is 1.60. The van der Waals surface area contributed by atoms with E-state index in [2.05, 4.69) is 0 Å². The second-order valence-electron chi connectivity index (χ2n) is 5.58. The van der Waals surface area contributed by atoms with Gasteiger partial charge in [-0.05, 0) is 31.7 Å². The van der Waals surface area contributed by atoms with Crippen LogP contribution in [0.25, 0.3) is 0 Å². The molecule has 4 nitrogen and oxygen atoms in total. The summed E-state index contributed by atoms with van der Waals surface area (Å²) in [7, 11) is -1.76. The van der Waals surface area contributed by atoms with Crippen molar-refractivity contribution in [3.05, 3.63) is 15.8 Å². The molecule has 0 saturated heterocycles. The molecule has 0 atom stereocenters. The van der Waals surface area contributed by atoms with E-state index < -0.39 is 10.0 Å². The van der Waals surface area contributed by atoms with Gasteiger partial charge in [-0.2, -0.15) is 0 Å². The first-order valence-electron chi connectivity index (χ1n) is 7.11. The van der Waals surface area contributed by atoms with Gasteiger partial charge in [0.05, 0.1) is 11.5 Å². The lowest BCUT2D eigenvalue weighted by atomic mass is 9.89. The molecule has 0 amide bonds. The van der Waals surface area contributed by atoms with Crippen molar-refractivity contribution in [3.8, 4) is 0 Å². The number of hydrogen-bond acceptors (Lipinski definition) is 4. The molecule has 1 aromatic rings. The highest BCUT2D eigenvalue weighted by atomic mass is 32.2. The molecule has 0 unspecified atom stereocenters. The van der Waals surface area contributed by atoms with Gasteiger partial charge in [0, 0.05) is 23.3 Å². The Morgan fingerprint density at radius 1 is 1.35 bits per heavy atom. The van der Waals surface area contributed by atoms with Crippen molar-refractivity contribution in [2.75, 3.05) is 13.6 Å². The standard InChI is InChI=1S/C14H23NO3S2/c1-11-14(8-13(10-16)19-11)20(17,18)15(2)9-12-6-4-3-5-7-12/h8,12,16H,3-7,9-10H2,1-2H3. The zero-order valence-electron chi connectivity index (χ0n) is 12.1. The lowest BCUT2D eigenvalue weighted by Gasteiger charge is -2.26. The van der Waals surface area contributed by atoms with Gasteiger partial charge in [0.2, 0.25) is 10.0 Å². The Balaban J connectivity index is 2.13. The third-order valence-electron chi connectivity index (χ3n) is 4.01. The van der Waals surface area contributed by atoms with Crippen molar-refractivity contribution in [3.63, 3.8) is 0 Å². The van der Waals surface area contributed by atoms with Gasteiger partial charge in [-0.25, -0.2) is 12.7 Å². The van der Waals surface area contributed by atoms with Crippen LogP contribution >= 0.6 is 11.3 Å². The van der Waals surface area contributed by atoms with Crippen LogP contribution in [0.4, 0.5) is 0 Å². The summed E-state index contributed by atoms with van der Waals surface area (Å²) < 4.78 is 26.7. The molecule has 0 aromatic carbocycles. The van der Waals surface area contributed by atoms with E-state index in [-0.39, 0.29) is 6.61 Å². The molecule has 1 saturated carbocycles. The fourth-order valence-corrected chi connectivity index (χ4v) is 5.56. The van der Waals surface area contributed by atoms with Gasteiger partial charge in [-0.3, -0.25) is 0 Å². The van der Waals surface area contributed by atoms with E-state index in [9.17, 15) is 8.42 Å². The summed E-state index contributed by atoms with van der Waals surface area (Å²) in [5, 5.41) is 9.14. The van der Waals surface area contributed by atoms with Crippen molar-refractivity contribution < 1.29 is 13.5 Å². The topological polar surface area (TPSA) is 57.6 Å². The van der Waals surface area contributed by atoms with Gasteiger partial charge in [0.1, 0.15) is 0 Å². The largest absolute Gasteiger partial charge is 0.391 e. The third-order valence-corrected chi connectivity index (χ3v) is 7.12. The normalized spacial score (nSPS) is 17.8. The number of nitrogens with zero attached hydrogens (tertiary/aromatic N) is 1. The SMILES string of the molecule is Cc1sc(CO)cc1S(=O)(=O)N(C)CC1CCCCC1. The van der Waals surface area contributed by atoms with Crippen LogP contribution in [0.15, 0.2) is 11.0 Å². The number of thiophene rings is 1. The molecule has 2 rings (SSSR count). The molecular weight excluding hydrogens is 294 g/mol. The second-order valence-corrected chi connectivity index (χ2v) is 8.94. The molecule has 1 aromatic heterocycles. The predicted octanol–water partition coefficient (Wildman–Crippen LogP) is 2.75. The average Bonchev–Trinajstić information content (AvgIpc) is 2.82. The molecule has 0 radical (unpaired) electrons. The van der Waals surface area contributed by atoms with Crippen LogP contribution in [0.2, 0.25) is 0 Å². The van der Waals surface area contributed by atoms with E-state index in [4.69, 9.17) is 5.11 Å². The van der Waals surface area contributed by atoms with Crippen molar-refractivity contribution >= 4 is 21.4 Å². The number of sulfonamides is 1. The van der Waals surface area contributed by atoms with E-state index in [1.54, 1.807) is 20.0 Å². The summed E-state index contributed by atoms with van der Waals surface area (Å²) in [5.41, 5.74) is 0. The summed E-state index contributed by atoms with van der Waals surface area (Å²) in [6.45, 7) is 2.30. The molecule has 0 spiro atoms. The molecule has 114 valence electrons. The van der Waals surface area contributed by atoms with Gasteiger partial charge in [0.15, 0.2) is 0 Å². The molecule has 1 N–H and O–H groups in total. The van der Waals surface area contributed by atoms with Crippen molar-refractivity contribution in [1.29, 1.82) is 0 Å². The Hall–Kier alpha value is -0.430. The molecule has 1 fully saturated rings. The summed E-state index contributed by atoms with van der Waals surface area (Å²) in [6.07, 6.45) is 5.96. The Bertz CT molecular complexity index is 545. The van der Waals surface area contributed by atoms with Crippen LogP contribution in [0, 0.1) is 12.8 Å². The van der Waals surface area contributed by atoms with Crippen LogP contribution in [-0.2, 0) is 16.6 Å². The number of aliphatic hydroxyl groups excluding tert-OH is 1. The van der Waals surface area contributed by atoms with Crippen LogP contribution in [0.3, 0.4) is 0 Å². The van der Waals surface area contributed by atoms with E-state index in [1.165, 1.54) is 34.9 Å². The second kappa shape index (κ2) is 6.56. The van der Waals surface area contributed by atoms with Crippen molar-refractivity contribution in [1.82, 2.24) is 4.31 Å². The Labute approximate surface area is 125 Å². The summed E-state index contributed by atoms with van der Waals surface area (Å²) >= 11 is 1.35. The lowest BCUT2D eigenvalue weighted by Crippen LogP contribution is -2.32. The highest BCUT2D eigenvalue weighted by molar-refractivity contribution is 7.89. The zero-order valence-corrected chi connectivity index (χ0v) is 13.8. The van der Waals surface area contributed by atoms with Crippen LogP contribution < -0.4 is 0 Å². The molecule has 20 heavy (non-hydrogen) atoms. The molecular formula is C14H23NO3S2. The smallest absolute Gasteiger partial charge is 0.243 e. The van der Waals surface area contributed by atoms with Crippen molar-refractivity contribution in [2.45, 2.75) is 50.5 Å². The van der Waals surface area contributed by atoms with E-state index in [0.717, 1.165) is 17.7 Å². The molecule has 1 aliphatic carbocycles. The fourth-order valence-electron chi connectivity index (χ4n) is 2.86. The van der Waals surface area contributed by atoms with Gasteiger partial charge in [-0.15, -0.1) is 11.3 Å². The lowest BCUT2D eigenvalue weighted by molar-refractivity contribution is 0.285. The zero-order chi connectivity index (χ0) is 14.8. The summed E-state index contributed by atoms with van der Waals surface area (Å²) in [5.74, 6) is 0.486. The van der Waals surface area contributed by atoms with Crippen LogP contribution in [-0.4, -0.2) is 31.4 Å². The van der Waals surface area contributed by atoms with Gasteiger partial charge in [-0.1, -0.05) is 19.3 Å². The first kappa shape index (κ1) is 15.9. The Kier molecular flexibility index (Phi) is 5.23. The molecule has 1 heterocycles. The van der Waals surface area contributed by atoms with Crippen LogP contribution in [0.5, 0.6) is 0 Å². The average molecular weight is 317 g/mol. The van der Waals surface area contributed by atoms with Crippen molar-refractivity contribution in [2.24, 2.45) is 5.92 Å². The maximum absolute atomic E-state index is 12.6. The minimum atomic E-state index is -3.43. The molecule has 0 bridgehead atoms. The number of aryl methyl sites for hydroxylation is 1. The van der Waals surface area contributed by atoms with Gasteiger partial charge in [0.25, 0.3) is 0 Å². The first-order valence-corrected chi connectivity index (χ1v) is 9.37. The minimum Gasteiger partial charge on any atom is -0.391 e. The van der Waals surface area contributed by atoms with Crippen LogP contribution in [0.1, 0.15) is 41.9 Å². The monoisotopic (exact) mass is 317 g/mol. The number of rotatable bonds is 5. The highest BCUT2D eigenvalue weighted by Gasteiger charge is 2.27.